The summed E-state index contributed by atoms with van der Waals surface area (Å²) in [6, 6.07) is 3.99. The molecule has 20 heavy (non-hydrogen) atoms. The van der Waals surface area contributed by atoms with E-state index in [0.29, 0.717) is 17.4 Å². The van der Waals surface area contributed by atoms with Crippen LogP contribution in [0.5, 0.6) is 0 Å². The zero-order chi connectivity index (χ0) is 14.9. The Morgan fingerprint density at radius 2 is 1.65 bits per heavy atom. The Morgan fingerprint density at radius 3 is 2.25 bits per heavy atom. The number of thiophene rings is 1. The molecule has 0 aliphatic rings. The zero-order valence-corrected chi connectivity index (χ0v) is 10.4. The second-order valence-electron chi connectivity index (χ2n) is 3.65. The third-order valence-corrected chi connectivity index (χ3v) is 3.40. The van der Waals surface area contributed by atoms with E-state index in [-0.39, 0.29) is 9.75 Å². The van der Waals surface area contributed by atoms with Crippen LogP contribution in [0.25, 0.3) is 0 Å². The number of hydrogen-bond acceptors (Lipinski definition) is 3. The van der Waals surface area contributed by atoms with E-state index < -0.39 is 35.0 Å². The first-order valence-corrected chi connectivity index (χ1v) is 5.99. The summed E-state index contributed by atoms with van der Waals surface area (Å²) in [6.45, 7) is 0. The number of carboxylic acids is 1. The van der Waals surface area contributed by atoms with Crippen molar-refractivity contribution in [2.24, 2.45) is 0 Å². The van der Waals surface area contributed by atoms with Crippen LogP contribution in [0.3, 0.4) is 0 Å². The van der Waals surface area contributed by atoms with Gasteiger partial charge in [0.2, 0.25) is 0 Å². The van der Waals surface area contributed by atoms with Crippen molar-refractivity contribution in [3.05, 3.63) is 51.5 Å². The first kappa shape index (κ1) is 14.1. The standard InChI is InChI=1S/C12H6F3NO3S/c13-5-1-2-6(10(15)9(5)14)16-11(17)7-3-4-8(20-7)12(18)19/h1-4H,(H,16,17)(H,18,19). The molecule has 0 aliphatic heterocycles. The maximum Gasteiger partial charge on any atom is 0.345 e. The van der Waals surface area contributed by atoms with E-state index in [1.807, 2.05) is 5.32 Å². The highest BCUT2D eigenvalue weighted by atomic mass is 32.1. The molecule has 0 bridgehead atoms. The average Bonchev–Trinajstić information content (AvgIpc) is 2.89. The summed E-state index contributed by atoms with van der Waals surface area (Å²) >= 11 is 0.680. The predicted octanol–water partition coefficient (Wildman–Crippen LogP) is 3.12. The normalized spacial score (nSPS) is 10.3. The molecule has 1 amide bonds. The Balaban J connectivity index is 2.23. The number of carboxylic acid groups (broad SMARTS) is 1. The minimum absolute atomic E-state index is 0.00605. The fourth-order valence-corrected chi connectivity index (χ4v) is 2.12. The Labute approximate surface area is 114 Å². The number of halogens is 3. The number of benzene rings is 1. The summed E-state index contributed by atoms with van der Waals surface area (Å²) in [5, 5.41) is 10.8. The molecule has 2 aromatic rings. The van der Waals surface area contributed by atoms with Crippen LogP contribution in [0.2, 0.25) is 0 Å². The Kier molecular flexibility index (Phi) is 3.75. The molecule has 2 rings (SSSR count). The van der Waals surface area contributed by atoms with Gasteiger partial charge in [-0.15, -0.1) is 11.3 Å². The lowest BCUT2D eigenvalue weighted by Gasteiger charge is -2.05. The SMILES string of the molecule is O=C(O)c1ccc(C(=O)Nc2ccc(F)c(F)c2F)s1. The summed E-state index contributed by atoms with van der Waals surface area (Å²) in [4.78, 5) is 22.3. The van der Waals surface area contributed by atoms with Gasteiger partial charge in [0, 0.05) is 0 Å². The minimum atomic E-state index is -1.69. The van der Waals surface area contributed by atoms with Crippen molar-refractivity contribution in [3.63, 3.8) is 0 Å². The van der Waals surface area contributed by atoms with Crippen molar-refractivity contribution >= 4 is 28.9 Å². The number of carbonyl (C=O) groups excluding carboxylic acids is 1. The van der Waals surface area contributed by atoms with E-state index in [1.54, 1.807) is 0 Å². The quantitative estimate of drug-likeness (QED) is 0.856. The van der Waals surface area contributed by atoms with Gasteiger partial charge < -0.3 is 10.4 Å². The number of carbonyl (C=O) groups is 2. The zero-order valence-electron chi connectivity index (χ0n) is 9.62. The fourth-order valence-electron chi connectivity index (χ4n) is 1.38. The third-order valence-electron chi connectivity index (χ3n) is 2.32. The molecule has 0 spiro atoms. The molecule has 2 N–H and O–H groups in total. The molecule has 1 aromatic carbocycles. The van der Waals surface area contributed by atoms with Gasteiger partial charge in [0.05, 0.1) is 10.6 Å². The minimum Gasteiger partial charge on any atom is -0.477 e. The molecule has 1 aromatic heterocycles. The predicted molar refractivity (Wildman–Crippen MR) is 65.5 cm³/mol. The summed E-state index contributed by atoms with van der Waals surface area (Å²) in [5.41, 5.74) is -0.529. The van der Waals surface area contributed by atoms with Crippen LogP contribution < -0.4 is 5.32 Å². The van der Waals surface area contributed by atoms with Crippen molar-refractivity contribution in [1.29, 1.82) is 0 Å². The largest absolute Gasteiger partial charge is 0.477 e. The van der Waals surface area contributed by atoms with Crippen LogP contribution in [-0.2, 0) is 0 Å². The lowest BCUT2D eigenvalue weighted by Crippen LogP contribution is -2.12. The maximum atomic E-state index is 13.4. The van der Waals surface area contributed by atoms with Crippen LogP contribution in [0.4, 0.5) is 18.9 Å². The molecule has 8 heteroatoms. The molecule has 0 unspecified atom stereocenters. The van der Waals surface area contributed by atoms with Crippen LogP contribution in [0, 0.1) is 17.5 Å². The second-order valence-corrected chi connectivity index (χ2v) is 4.73. The van der Waals surface area contributed by atoms with Gasteiger partial charge in [-0.3, -0.25) is 4.79 Å². The van der Waals surface area contributed by atoms with E-state index in [2.05, 4.69) is 0 Å². The number of anilines is 1. The number of rotatable bonds is 3. The van der Waals surface area contributed by atoms with Gasteiger partial charge in [0.15, 0.2) is 17.5 Å². The van der Waals surface area contributed by atoms with Gasteiger partial charge in [-0.1, -0.05) is 0 Å². The topological polar surface area (TPSA) is 66.4 Å². The Morgan fingerprint density at radius 1 is 1.00 bits per heavy atom. The van der Waals surface area contributed by atoms with Gasteiger partial charge in [-0.05, 0) is 24.3 Å². The monoisotopic (exact) mass is 301 g/mol. The molecule has 1 heterocycles. The lowest BCUT2D eigenvalue weighted by atomic mass is 10.2. The van der Waals surface area contributed by atoms with E-state index in [0.717, 1.165) is 6.07 Å². The van der Waals surface area contributed by atoms with Crippen molar-refractivity contribution < 1.29 is 27.9 Å². The number of amides is 1. The van der Waals surface area contributed by atoms with Crippen molar-refractivity contribution in [3.8, 4) is 0 Å². The van der Waals surface area contributed by atoms with Crippen molar-refractivity contribution in [1.82, 2.24) is 0 Å². The van der Waals surface area contributed by atoms with E-state index >= 15 is 0 Å². The van der Waals surface area contributed by atoms with Gasteiger partial charge in [0.25, 0.3) is 5.91 Å². The Hall–Kier alpha value is -2.35. The summed E-state index contributed by atoms with van der Waals surface area (Å²) < 4.78 is 39.1. The maximum absolute atomic E-state index is 13.4. The van der Waals surface area contributed by atoms with Crippen LogP contribution in [-0.4, -0.2) is 17.0 Å². The van der Waals surface area contributed by atoms with E-state index in [9.17, 15) is 22.8 Å². The van der Waals surface area contributed by atoms with Gasteiger partial charge in [0.1, 0.15) is 4.88 Å². The van der Waals surface area contributed by atoms with Crippen molar-refractivity contribution in [2.45, 2.75) is 0 Å². The molecule has 104 valence electrons. The van der Waals surface area contributed by atoms with Crippen LogP contribution in [0.1, 0.15) is 19.3 Å². The molecule has 0 atom stereocenters. The van der Waals surface area contributed by atoms with Gasteiger partial charge in [-0.2, -0.15) is 0 Å². The van der Waals surface area contributed by atoms with E-state index in [1.165, 1.54) is 12.1 Å². The lowest BCUT2D eigenvalue weighted by molar-refractivity contribution is 0.0702. The van der Waals surface area contributed by atoms with Crippen LogP contribution >= 0.6 is 11.3 Å². The number of aromatic carboxylic acids is 1. The molecule has 0 fully saturated rings. The molecule has 4 nitrogen and oxygen atoms in total. The highest BCUT2D eigenvalue weighted by molar-refractivity contribution is 7.15. The molecule has 0 aliphatic carbocycles. The summed E-state index contributed by atoms with van der Waals surface area (Å²) in [5.74, 6) is -6.60. The second kappa shape index (κ2) is 5.33. The molecular weight excluding hydrogens is 295 g/mol. The fraction of sp³-hybridized carbons (Fsp3) is 0. The molecule has 0 saturated heterocycles. The summed E-state index contributed by atoms with van der Waals surface area (Å²) in [7, 11) is 0. The Bertz CT molecular complexity index is 699. The molecular formula is C12H6F3NO3S. The van der Waals surface area contributed by atoms with Gasteiger partial charge >= 0.3 is 5.97 Å². The first-order chi connectivity index (χ1) is 9.40. The first-order valence-electron chi connectivity index (χ1n) is 5.18. The highest BCUT2D eigenvalue weighted by Gasteiger charge is 2.17. The van der Waals surface area contributed by atoms with Crippen molar-refractivity contribution in [2.75, 3.05) is 5.32 Å². The summed E-state index contributed by atoms with van der Waals surface area (Å²) in [6.07, 6.45) is 0. The van der Waals surface area contributed by atoms with E-state index in [4.69, 9.17) is 5.11 Å². The van der Waals surface area contributed by atoms with Gasteiger partial charge in [-0.25, -0.2) is 18.0 Å². The smallest absolute Gasteiger partial charge is 0.345 e. The highest BCUT2D eigenvalue weighted by Crippen LogP contribution is 2.22. The third kappa shape index (κ3) is 2.64. The number of hydrogen-bond donors (Lipinski definition) is 2. The average molecular weight is 301 g/mol. The van der Waals surface area contributed by atoms with Crippen LogP contribution in [0.15, 0.2) is 24.3 Å². The number of nitrogens with one attached hydrogen (secondary N) is 1. The molecule has 0 saturated carbocycles. The molecule has 0 radical (unpaired) electrons.